The van der Waals surface area contributed by atoms with E-state index in [2.05, 4.69) is 63.8 Å². The van der Waals surface area contributed by atoms with E-state index in [0.29, 0.717) is 12.5 Å². The van der Waals surface area contributed by atoms with Gasteiger partial charge in [0.1, 0.15) is 0 Å². The Morgan fingerprint density at radius 1 is 1.04 bits per heavy atom. The Morgan fingerprint density at radius 3 is 2.23 bits per heavy atom. The summed E-state index contributed by atoms with van der Waals surface area (Å²) in [5, 5.41) is 0.255. The minimum atomic E-state index is -1.64. The largest absolute Gasteiger partial charge is 0.466 e. The Balaban J connectivity index is 3.94. The Bertz CT molecular complexity index is 508. The van der Waals surface area contributed by atoms with E-state index >= 15 is 0 Å². The SMILES string of the molecule is COC(=O)/C=C/CC[C@@H](C)C/C=C/C=C\C=C\CO[Si](C)(C)C(C)(C)C. The summed E-state index contributed by atoms with van der Waals surface area (Å²) in [6.45, 7) is 14.2. The molecule has 0 aliphatic rings. The highest BCUT2D eigenvalue weighted by Gasteiger charge is 2.36. The molecule has 26 heavy (non-hydrogen) atoms. The van der Waals surface area contributed by atoms with Gasteiger partial charge in [0, 0.05) is 6.08 Å². The molecule has 0 amide bonds. The second-order valence-electron chi connectivity index (χ2n) is 8.16. The summed E-state index contributed by atoms with van der Waals surface area (Å²) in [4.78, 5) is 10.9. The molecule has 148 valence electrons. The van der Waals surface area contributed by atoms with E-state index in [-0.39, 0.29) is 11.0 Å². The van der Waals surface area contributed by atoms with Crippen molar-refractivity contribution in [3.05, 3.63) is 48.6 Å². The van der Waals surface area contributed by atoms with Gasteiger partial charge in [0.15, 0.2) is 8.32 Å². The van der Waals surface area contributed by atoms with Crippen LogP contribution in [0.1, 0.15) is 47.0 Å². The van der Waals surface area contributed by atoms with Crippen molar-refractivity contribution in [2.45, 2.75) is 65.1 Å². The van der Waals surface area contributed by atoms with Crippen LogP contribution < -0.4 is 0 Å². The zero-order valence-electron chi connectivity index (χ0n) is 17.7. The number of hydrogen-bond acceptors (Lipinski definition) is 3. The predicted octanol–water partition coefficient (Wildman–Crippen LogP) is 6.21. The van der Waals surface area contributed by atoms with E-state index in [1.165, 1.54) is 13.2 Å². The van der Waals surface area contributed by atoms with Crippen LogP contribution in [0.25, 0.3) is 0 Å². The lowest BCUT2D eigenvalue weighted by Crippen LogP contribution is -2.40. The minimum absolute atomic E-state index is 0.255. The van der Waals surface area contributed by atoms with Gasteiger partial charge in [-0.25, -0.2) is 4.79 Å². The highest BCUT2D eigenvalue weighted by Crippen LogP contribution is 2.36. The summed E-state index contributed by atoms with van der Waals surface area (Å²) in [6.07, 6.45) is 18.8. The molecule has 0 aromatic carbocycles. The fraction of sp³-hybridized carbons (Fsp3) is 0.591. The van der Waals surface area contributed by atoms with Gasteiger partial charge in [-0.1, -0.05) is 70.2 Å². The van der Waals surface area contributed by atoms with Gasteiger partial charge in [-0.05, 0) is 43.3 Å². The standard InChI is InChI=1S/C22H38O3Si/c1-20(17-13-14-18-21(23)24-5)16-12-10-8-9-11-15-19-25-26(6,7)22(2,3)4/h8-12,14-15,18,20H,13,16-17,19H2,1-7H3/b9-8-,12-10+,15-11+,18-14+/t20-/m0/s1. The van der Waals surface area contributed by atoms with Crippen LogP contribution in [-0.4, -0.2) is 28.0 Å². The van der Waals surface area contributed by atoms with Gasteiger partial charge >= 0.3 is 5.97 Å². The maximum absolute atomic E-state index is 10.9. The lowest BCUT2D eigenvalue weighted by atomic mass is 10.0. The quantitative estimate of drug-likeness (QED) is 0.185. The number of carbonyl (C=O) groups is 1. The Labute approximate surface area is 162 Å². The van der Waals surface area contributed by atoms with Crippen LogP contribution in [0.2, 0.25) is 18.1 Å². The molecule has 0 aliphatic carbocycles. The van der Waals surface area contributed by atoms with Gasteiger partial charge in [0.2, 0.25) is 0 Å². The summed E-state index contributed by atoms with van der Waals surface area (Å²) in [7, 11) is -0.248. The van der Waals surface area contributed by atoms with Crippen LogP contribution >= 0.6 is 0 Å². The van der Waals surface area contributed by atoms with Gasteiger partial charge in [0.05, 0.1) is 13.7 Å². The molecular weight excluding hydrogens is 340 g/mol. The van der Waals surface area contributed by atoms with Crippen molar-refractivity contribution in [1.29, 1.82) is 0 Å². The minimum Gasteiger partial charge on any atom is -0.466 e. The fourth-order valence-corrected chi connectivity index (χ4v) is 2.82. The van der Waals surface area contributed by atoms with Gasteiger partial charge in [-0.15, -0.1) is 0 Å². The van der Waals surface area contributed by atoms with Crippen molar-refractivity contribution < 1.29 is 14.0 Å². The molecule has 0 saturated carbocycles. The number of ether oxygens (including phenoxy) is 1. The highest BCUT2D eigenvalue weighted by molar-refractivity contribution is 6.74. The molecular formula is C22H38O3Si. The third-order valence-electron chi connectivity index (χ3n) is 4.77. The number of esters is 1. The average Bonchev–Trinajstić information content (AvgIpc) is 2.55. The first-order valence-electron chi connectivity index (χ1n) is 9.47. The summed E-state index contributed by atoms with van der Waals surface area (Å²) in [6, 6.07) is 0. The maximum Gasteiger partial charge on any atom is 0.330 e. The van der Waals surface area contributed by atoms with E-state index in [0.717, 1.165) is 19.3 Å². The van der Waals surface area contributed by atoms with Crippen LogP contribution in [0.3, 0.4) is 0 Å². The number of methoxy groups -OCH3 is 1. The summed E-state index contributed by atoms with van der Waals surface area (Å²) in [5.41, 5.74) is 0. The monoisotopic (exact) mass is 378 g/mol. The number of rotatable bonds is 11. The van der Waals surface area contributed by atoms with Crippen molar-refractivity contribution in [3.63, 3.8) is 0 Å². The normalized spacial score (nSPS) is 14.9. The van der Waals surface area contributed by atoms with Crippen molar-refractivity contribution in [3.8, 4) is 0 Å². The lowest BCUT2D eigenvalue weighted by molar-refractivity contribution is -0.134. The van der Waals surface area contributed by atoms with Crippen molar-refractivity contribution in [2.75, 3.05) is 13.7 Å². The van der Waals surface area contributed by atoms with Crippen LogP contribution in [0.15, 0.2) is 48.6 Å². The zero-order valence-corrected chi connectivity index (χ0v) is 18.7. The molecule has 0 aliphatic heterocycles. The number of carbonyl (C=O) groups excluding carboxylic acids is 1. The molecule has 0 heterocycles. The molecule has 0 bridgehead atoms. The fourth-order valence-electron chi connectivity index (χ4n) is 1.87. The van der Waals surface area contributed by atoms with Crippen molar-refractivity contribution in [2.24, 2.45) is 5.92 Å². The molecule has 0 spiro atoms. The first-order chi connectivity index (χ1) is 12.1. The molecule has 0 N–H and O–H groups in total. The molecule has 0 aromatic heterocycles. The van der Waals surface area contributed by atoms with Gasteiger partial charge in [-0.2, -0.15) is 0 Å². The third kappa shape index (κ3) is 12.0. The van der Waals surface area contributed by atoms with Crippen LogP contribution in [0.5, 0.6) is 0 Å². The van der Waals surface area contributed by atoms with E-state index in [1.54, 1.807) is 0 Å². The van der Waals surface area contributed by atoms with Crippen LogP contribution in [-0.2, 0) is 14.0 Å². The Hall–Kier alpha value is -1.39. The van der Waals surface area contributed by atoms with E-state index in [1.807, 2.05) is 24.3 Å². The van der Waals surface area contributed by atoms with E-state index in [9.17, 15) is 4.79 Å². The molecule has 0 radical (unpaired) electrons. The molecule has 0 aromatic rings. The van der Waals surface area contributed by atoms with E-state index in [4.69, 9.17) is 4.43 Å². The molecule has 0 rings (SSSR count). The lowest BCUT2D eigenvalue weighted by Gasteiger charge is -2.35. The second-order valence-corrected chi connectivity index (χ2v) is 13.0. The topological polar surface area (TPSA) is 35.5 Å². The van der Waals surface area contributed by atoms with Gasteiger partial charge < -0.3 is 9.16 Å². The molecule has 0 fully saturated rings. The maximum atomic E-state index is 10.9. The first-order valence-corrected chi connectivity index (χ1v) is 12.4. The van der Waals surface area contributed by atoms with Gasteiger partial charge in [0.25, 0.3) is 0 Å². The molecule has 1 atom stereocenters. The van der Waals surface area contributed by atoms with Crippen molar-refractivity contribution >= 4 is 14.3 Å². The highest BCUT2D eigenvalue weighted by atomic mass is 28.4. The summed E-state index contributed by atoms with van der Waals surface area (Å²) < 4.78 is 10.6. The molecule has 0 saturated heterocycles. The van der Waals surface area contributed by atoms with E-state index < -0.39 is 8.32 Å². The average molecular weight is 379 g/mol. The van der Waals surface area contributed by atoms with Crippen LogP contribution in [0, 0.1) is 5.92 Å². The molecule has 0 unspecified atom stereocenters. The predicted molar refractivity (Wildman–Crippen MR) is 115 cm³/mol. The number of allylic oxidation sites excluding steroid dienone is 6. The summed E-state index contributed by atoms with van der Waals surface area (Å²) in [5.74, 6) is 0.306. The Morgan fingerprint density at radius 2 is 1.65 bits per heavy atom. The first kappa shape index (κ1) is 24.6. The Kier molecular flexibility index (Phi) is 12.2. The molecule has 3 nitrogen and oxygen atoms in total. The smallest absolute Gasteiger partial charge is 0.330 e. The second kappa shape index (κ2) is 12.9. The zero-order chi connectivity index (χ0) is 20.1. The number of hydrogen-bond donors (Lipinski definition) is 0. The third-order valence-corrected chi connectivity index (χ3v) is 9.27. The summed E-state index contributed by atoms with van der Waals surface area (Å²) >= 11 is 0. The molecule has 4 heteroatoms. The van der Waals surface area contributed by atoms with Crippen LogP contribution in [0.4, 0.5) is 0 Å². The van der Waals surface area contributed by atoms with Crippen molar-refractivity contribution in [1.82, 2.24) is 0 Å². The van der Waals surface area contributed by atoms with Gasteiger partial charge in [-0.3, -0.25) is 0 Å².